The summed E-state index contributed by atoms with van der Waals surface area (Å²) in [7, 11) is 3.66. The third-order valence-electron chi connectivity index (χ3n) is 2.32. The number of carbonyl (C=O) groups excluding carboxylic acids is 1. The van der Waals surface area contributed by atoms with Crippen molar-refractivity contribution < 1.29 is 9.53 Å². The van der Waals surface area contributed by atoms with Crippen LogP contribution in [0.2, 0.25) is 0 Å². The van der Waals surface area contributed by atoms with E-state index in [-0.39, 0.29) is 5.78 Å². The van der Waals surface area contributed by atoms with Crippen LogP contribution in [0.1, 0.15) is 21.0 Å². The number of rotatable bonds is 7. The Morgan fingerprint density at radius 2 is 2.25 bits per heavy atom. The van der Waals surface area contributed by atoms with E-state index in [0.717, 1.165) is 24.4 Å². The molecular formula is C12H19NO2S. The van der Waals surface area contributed by atoms with Crippen LogP contribution in [-0.4, -0.2) is 44.5 Å². The normalized spacial score (nSPS) is 11.0. The first-order valence-corrected chi connectivity index (χ1v) is 6.22. The second-order valence-corrected chi connectivity index (χ2v) is 5.21. The Labute approximate surface area is 101 Å². The molecule has 0 saturated carbocycles. The van der Waals surface area contributed by atoms with Gasteiger partial charge in [-0.05, 0) is 32.5 Å². The van der Waals surface area contributed by atoms with Gasteiger partial charge in [0.15, 0.2) is 5.78 Å². The summed E-state index contributed by atoms with van der Waals surface area (Å²) in [5.41, 5.74) is 0. The molecule has 1 heterocycles. The fourth-order valence-electron chi connectivity index (χ4n) is 1.47. The van der Waals surface area contributed by atoms with E-state index in [9.17, 15) is 4.79 Å². The van der Waals surface area contributed by atoms with Crippen LogP contribution < -0.4 is 0 Å². The van der Waals surface area contributed by atoms with Gasteiger partial charge in [-0.15, -0.1) is 11.3 Å². The molecule has 0 aliphatic rings. The monoisotopic (exact) mass is 241 g/mol. The Balaban J connectivity index is 2.33. The van der Waals surface area contributed by atoms with Crippen LogP contribution in [-0.2, 0) is 4.74 Å². The number of ketones is 1. The van der Waals surface area contributed by atoms with Crippen molar-refractivity contribution in [3.63, 3.8) is 0 Å². The van der Waals surface area contributed by atoms with Crippen LogP contribution in [0.5, 0.6) is 0 Å². The van der Waals surface area contributed by atoms with Crippen LogP contribution in [0.4, 0.5) is 0 Å². The Morgan fingerprint density at radius 3 is 2.81 bits per heavy atom. The van der Waals surface area contributed by atoms with E-state index in [0.29, 0.717) is 6.54 Å². The molecule has 0 radical (unpaired) electrons. The number of likely N-dealkylation sites (N-methyl/N-ethyl adjacent to an activating group) is 1. The van der Waals surface area contributed by atoms with Gasteiger partial charge in [0.05, 0.1) is 11.4 Å². The van der Waals surface area contributed by atoms with Gasteiger partial charge in [0.25, 0.3) is 0 Å². The molecule has 0 aromatic carbocycles. The van der Waals surface area contributed by atoms with Crippen molar-refractivity contribution in [2.45, 2.75) is 13.3 Å². The quantitative estimate of drug-likeness (QED) is 0.541. The van der Waals surface area contributed by atoms with Gasteiger partial charge in [0.2, 0.25) is 0 Å². The molecule has 90 valence electrons. The van der Waals surface area contributed by atoms with Gasteiger partial charge in [-0.2, -0.15) is 0 Å². The zero-order valence-corrected chi connectivity index (χ0v) is 11.0. The first-order valence-electron chi connectivity index (χ1n) is 5.40. The molecule has 0 bridgehead atoms. The summed E-state index contributed by atoms with van der Waals surface area (Å²) < 4.78 is 4.98. The van der Waals surface area contributed by atoms with Crippen molar-refractivity contribution in [2.24, 2.45) is 0 Å². The zero-order chi connectivity index (χ0) is 12.0. The molecule has 0 saturated heterocycles. The van der Waals surface area contributed by atoms with E-state index in [2.05, 4.69) is 0 Å². The lowest BCUT2D eigenvalue weighted by Crippen LogP contribution is -2.27. The maximum Gasteiger partial charge on any atom is 0.186 e. The molecule has 0 fully saturated rings. The Kier molecular flexibility index (Phi) is 5.66. The van der Waals surface area contributed by atoms with Crippen LogP contribution >= 0.6 is 11.3 Å². The van der Waals surface area contributed by atoms with Crippen LogP contribution in [0.3, 0.4) is 0 Å². The molecule has 0 unspecified atom stereocenters. The molecular weight excluding hydrogens is 222 g/mol. The Bertz CT molecular complexity index is 336. The average molecular weight is 241 g/mol. The predicted octanol–water partition coefficient (Wildman–Crippen LogP) is 2.21. The molecule has 0 N–H and O–H groups in total. The average Bonchev–Trinajstić information content (AvgIpc) is 2.65. The summed E-state index contributed by atoms with van der Waals surface area (Å²) >= 11 is 1.57. The molecule has 0 spiro atoms. The second-order valence-electron chi connectivity index (χ2n) is 3.92. The first-order chi connectivity index (χ1) is 7.63. The molecule has 3 nitrogen and oxygen atoms in total. The van der Waals surface area contributed by atoms with Gasteiger partial charge in [-0.1, -0.05) is 0 Å². The minimum atomic E-state index is 0.206. The standard InChI is InChI=1S/C12H19NO2S/c1-10-5-6-12(16-10)11(14)9-13(2)7-4-8-15-3/h5-6H,4,7-9H2,1-3H3. The number of ether oxygens (including phenoxy) is 1. The van der Waals surface area contributed by atoms with Gasteiger partial charge >= 0.3 is 0 Å². The molecule has 0 aliphatic heterocycles. The summed E-state index contributed by atoms with van der Waals surface area (Å²) in [6, 6.07) is 3.90. The summed E-state index contributed by atoms with van der Waals surface area (Å²) in [5, 5.41) is 0. The molecule has 1 rings (SSSR count). The third-order valence-corrected chi connectivity index (χ3v) is 3.36. The van der Waals surface area contributed by atoms with E-state index in [4.69, 9.17) is 4.74 Å². The lowest BCUT2D eigenvalue weighted by molar-refractivity contribution is 0.0942. The maximum absolute atomic E-state index is 11.8. The number of thiophene rings is 1. The number of Topliss-reactive ketones (excluding diaryl/α,β-unsaturated/α-hetero) is 1. The SMILES string of the molecule is COCCCN(C)CC(=O)c1ccc(C)s1. The lowest BCUT2D eigenvalue weighted by atomic mass is 10.3. The summed E-state index contributed by atoms with van der Waals surface area (Å²) in [4.78, 5) is 15.9. The van der Waals surface area contributed by atoms with Crippen molar-refractivity contribution in [3.8, 4) is 0 Å². The fraction of sp³-hybridized carbons (Fsp3) is 0.583. The van der Waals surface area contributed by atoms with Crippen LogP contribution in [0.25, 0.3) is 0 Å². The molecule has 0 atom stereocenters. The maximum atomic E-state index is 11.8. The predicted molar refractivity (Wildman–Crippen MR) is 67.4 cm³/mol. The highest BCUT2D eigenvalue weighted by molar-refractivity contribution is 7.14. The number of aryl methyl sites for hydroxylation is 1. The van der Waals surface area contributed by atoms with Gasteiger partial charge in [-0.3, -0.25) is 9.69 Å². The van der Waals surface area contributed by atoms with Crippen molar-refractivity contribution in [1.29, 1.82) is 0 Å². The number of hydrogen-bond acceptors (Lipinski definition) is 4. The highest BCUT2D eigenvalue weighted by atomic mass is 32.1. The van der Waals surface area contributed by atoms with Gasteiger partial charge < -0.3 is 4.74 Å². The van der Waals surface area contributed by atoms with Crippen LogP contribution in [0, 0.1) is 6.92 Å². The summed E-state index contributed by atoms with van der Waals surface area (Å²) in [6.45, 7) is 4.15. The summed E-state index contributed by atoms with van der Waals surface area (Å²) in [5.74, 6) is 0.206. The molecule has 16 heavy (non-hydrogen) atoms. The van der Waals surface area contributed by atoms with Crippen molar-refractivity contribution in [1.82, 2.24) is 4.90 Å². The van der Waals surface area contributed by atoms with E-state index < -0.39 is 0 Å². The van der Waals surface area contributed by atoms with Gasteiger partial charge in [-0.25, -0.2) is 0 Å². The topological polar surface area (TPSA) is 29.5 Å². The largest absolute Gasteiger partial charge is 0.385 e. The fourth-order valence-corrected chi connectivity index (χ4v) is 2.26. The molecule has 1 aromatic rings. The minimum Gasteiger partial charge on any atom is -0.385 e. The summed E-state index contributed by atoms with van der Waals surface area (Å²) in [6.07, 6.45) is 0.962. The third kappa shape index (κ3) is 4.43. The lowest BCUT2D eigenvalue weighted by Gasteiger charge is -2.14. The molecule has 4 heteroatoms. The van der Waals surface area contributed by atoms with Crippen molar-refractivity contribution in [3.05, 3.63) is 21.9 Å². The Morgan fingerprint density at radius 1 is 1.50 bits per heavy atom. The second kappa shape index (κ2) is 6.78. The number of methoxy groups -OCH3 is 1. The van der Waals surface area contributed by atoms with E-state index in [1.165, 1.54) is 4.88 Å². The Hall–Kier alpha value is -0.710. The van der Waals surface area contributed by atoms with E-state index in [1.807, 2.05) is 31.0 Å². The highest BCUT2D eigenvalue weighted by Gasteiger charge is 2.10. The number of nitrogens with zero attached hydrogens (tertiary/aromatic N) is 1. The van der Waals surface area contributed by atoms with E-state index in [1.54, 1.807) is 18.4 Å². The number of hydrogen-bond donors (Lipinski definition) is 0. The van der Waals surface area contributed by atoms with Crippen molar-refractivity contribution >= 4 is 17.1 Å². The first kappa shape index (κ1) is 13.4. The minimum absolute atomic E-state index is 0.206. The van der Waals surface area contributed by atoms with Crippen LogP contribution in [0.15, 0.2) is 12.1 Å². The number of carbonyl (C=O) groups is 1. The molecule has 0 aliphatic carbocycles. The van der Waals surface area contributed by atoms with E-state index >= 15 is 0 Å². The van der Waals surface area contributed by atoms with Crippen molar-refractivity contribution in [2.75, 3.05) is 33.9 Å². The zero-order valence-electron chi connectivity index (χ0n) is 10.2. The smallest absolute Gasteiger partial charge is 0.186 e. The van der Waals surface area contributed by atoms with Gasteiger partial charge in [0.1, 0.15) is 0 Å². The highest BCUT2D eigenvalue weighted by Crippen LogP contribution is 2.15. The molecule has 0 amide bonds. The van der Waals surface area contributed by atoms with Gasteiger partial charge in [0, 0.05) is 25.1 Å². The molecule has 1 aromatic heterocycles.